The fourth-order valence-electron chi connectivity index (χ4n) is 2.04. The van der Waals surface area contributed by atoms with Crippen LogP contribution in [0.3, 0.4) is 0 Å². The van der Waals surface area contributed by atoms with Crippen molar-refractivity contribution in [3.63, 3.8) is 0 Å². The Morgan fingerprint density at radius 2 is 1.32 bits per heavy atom. The zero-order chi connectivity index (χ0) is 16.4. The van der Waals surface area contributed by atoms with E-state index >= 15 is 0 Å². The topological polar surface area (TPSA) is 113 Å². The Bertz CT molecular complexity index is 739. The van der Waals surface area contributed by atoms with Gasteiger partial charge in [-0.1, -0.05) is 37.4 Å². The van der Waals surface area contributed by atoms with Gasteiger partial charge in [0.1, 0.15) is 5.69 Å². The number of nitrogens with one attached hydrogen (secondary N) is 1. The van der Waals surface area contributed by atoms with Gasteiger partial charge >= 0.3 is 0 Å². The van der Waals surface area contributed by atoms with Gasteiger partial charge in [0.2, 0.25) is 17.2 Å². The van der Waals surface area contributed by atoms with E-state index in [1.165, 1.54) is 0 Å². The van der Waals surface area contributed by atoms with Crippen LogP contribution in [-0.4, -0.2) is 25.5 Å². The van der Waals surface area contributed by atoms with E-state index < -0.39 is 28.7 Å². The average molecular weight is 301 g/mol. The number of phenols is 5. The van der Waals surface area contributed by atoms with Gasteiger partial charge < -0.3 is 30.8 Å². The largest absolute Gasteiger partial charge is 0.503 e. The summed E-state index contributed by atoms with van der Waals surface area (Å²) in [5.41, 5.74) is 1.49. The first-order valence-electron chi connectivity index (χ1n) is 6.26. The van der Waals surface area contributed by atoms with Gasteiger partial charge in [-0.15, -0.1) is 0 Å². The zero-order valence-corrected chi connectivity index (χ0v) is 11.5. The van der Waals surface area contributed by atoms with Crippen LogP contribution < -0.4 is 5.32 Å². The molecule has 0 bridgehead atoms. The number of hydrogen-bond donors (Lipinski definition) is 6. The Hall–Kier alpha value is -3.28. The van der Waals surface area contributed by atoms with Crippen LogP contribution in [0.4, 0.5) is 11.4 Å². The first-order chi connectivity index (χ1) is 10.4. The molecule has 2 aromatic carbocycles. The highest BCUT2D eigenvalue weighted by Gasteiger charge is 2.23. The minimum absolute atomic E-state index is 0.350. The molecule has 2 aromatic rings. The molecule has 6 nitrogen and oxygen atoms in total. The molecule has 0 unspecified atom stereocenters. The number of anilines is 2. The molecule has 0 atom stereocenters. The average Bonchev–Trinajstić information content (AvgIpc) is 2.54. The van der Waals surface area contributed by atoms with Crippen LogP contribution >= 0.6 is 0 Å². The minimum Gasteiger partial charge on any atom is -0.503 e. The van der Waals surface area contributed by atoms with Gasteiger partial charge in [0.15, 0.2) is 11.5 Å². The van der Waals surface area contributed by atoms with Crippen LogP contribution in [0.15, 0.2) is 31.4 Å². The van der Waals surface area contributed by atoms with Crippen LogP contribution in [-0.2, 0) is 0 Å². The van der Waals surface area contributed by atoms with Crippen molar-refractivity contribution in [2.75, 3.05) is 5.32 Å². The van der Waals surface area contributed by atoms with E-state index in [9.17, 15) is 25.5 Å². The second kappa shape index (κ2) is 5.61. The molecule has 0 aromatic heterocycles. The quantitative estimate of drug-likeness (QED) is 0.382. The molecule has 0 aliphatic heterocycles. The molecule has 0 fully saturated rings. The van der Waals surface area contributed by atoms with Crippen molar-refractivity contribution in [2.45, 2.75) is 0 Å². The molecule has 0 saturated heterocycles. The highest BCUT2D eigenvalue weighted by atomic mass is 16.4. The van der Waals surface area contributed by atoms with E-state index in [0.29, 0.717) is 11.3 Å². The first-order valence-corrected chi connectivity index (χ1v) is 6.26. The van der Waals surface area contributed by atoms with E-state index in [1.54, 1.807) is 30.4 Å². The highest BCUT2D eigenvalue weighted by molar-refractivity contribution is 5.86. The Kier molecular flexibility index (Phi) is 3.85. The summed E-state index contributed by atoms with van der Waals surface area (Å²) in [7, 11) is 0. The van der Waals surface area contributed by atoms with E-state index in [1.807, 2.05) is 0 Å². The van der Waals surface area contributed by atoms with E-state index in [2.05, 4.69) is 18.5 Å². The van der Waals surface area contributed by atoms with Crippen molar-refractivity contribution in [3.05, 3.63) is 42.5 Å². The van der Waals surface area contributed by atoms with Crippen molar-refractivity contribution in [2.24, 2.45) is 0 Å². The molecule has 6 N–H and O–H groups in total. The number of hydrogen-bond acceptors (Lipinski definition) is 6. The summed E-state index contributed by atoms with van der Waals surface area (Å²) in [6, 6.07) is 5.14. The van der Waals surface area contributed by atoms with Gasteiger partial charge in [-0.2, -0.15) is 0 Å². The summed E-state index contributed by atoms with van der Waals surface area (Å²) in [4.78, 5) is 0. The lowest BCUT2D eigenvalue weighted by Crippen LogP contribution is -1.96. The lowest BCUT2D eigenvalue weighted by Gasteiger charge is -2.16. The van der Waals surface area contributed by atoms with Crippen molar-refractivity contribution in [1.82, 2.24) is 0 Å². The normalized spacial score (nSPS) is 10.2. The molecule has 0 spiro atoms. The molecule has 22 heavy (non-hydrogen) atoms. The van der Waals surface area contributed by atoms with Crippen LogP contribution in [0.2, 0.25) is 0 Å². The molecule has 0 aliphatic rings. The molecule has 6 heteroatoms. The zero-order valence-electron chi connectivity index (χ0n) is 11.5. The molecule has 0 saturated carbocycles. The SMILES string of the molecule is C=Cc1cccc(Nc2c(O)c(O)c(O)c(O)c2O)c1C=C. The van der Waals surface area contributed by atoms with Gasteiger partial charge in [-0.05, 0) is 11.6 Å². The molecule has 0 aliphatic carbocycles. The Morgan fingerprint density at radius 1 is 0.773 bits per heavy atom. The summed E-state index contributed by atoms with van der Waals surface area (Å²) in [5, 5.41) is 50.8. The van der Waals surface area contributed by atoms with Crippen molar-refractivity contribution in [1.29, 1.82) is 0 Å². The second-order valence-corrected chi connectivity index (χ2v) is 4.46. The first kappa shape index (κ1) is 15.1. The standard InChI is InChI=1S/C16H15NO5/c1-3-8-6-5-7-10(9(8)4-2)17-11-12(18)14(20)16(22)15(21)13(11)19/h3-7,17-22H,1-2H2. The van der Waals surface area contributed by atoms with Crippen molar-refractivity contribution in [3.8, 4) is 28.7 Å². The number of benzene rings is 2. The summed E-state index contributed by atoms with van der Waals surface area (Å²) in [6.07, 6.45) is 3.15. The molecule has 0 radical (unpaired) electrons. The third-order valence-electron chi connectivity index (χ3n) is 3.19. The summed E-state index contributed by atoms with van der Waals surface area (Å²) in [6.45, 7) is 7.36. The Morgan fingerprint density at radius 3 is 1.82 bits per heavy atom. The molecule has 0 heterocycles. The van der Waals surface area contributed by atoms with Crippen LogP contribution in [0.25, 0.3) is 12.2 Å². The fraction of sp³-hybridized carbons (Fsp3) is 0. The molecule has 2 rings (SSSR count). The lowest BCUT2D eigenvalue weighted by atomic mass is 10.0. The Balaban J connectivity index is 2.62. The monoisotopic (exact) mass is 301 g/mol. The van der Waals surface area contributed by atoms with Gasteiger partial charge in [-0.3, -0.25) is 0 Å². The number of rotatable bonds is 4. The van der Waals surface area contributed by atoms with Crippen LogP contribution in [0, 0.1) is 0 Å². The molecule has 114 valence electrons. The minimum atomic E-state index is -1.01. The van der Waals surface area contributed by atoms with Gasteiger partial charge in [-0.25, -0.2) is 0 Å². The van der Waals surface area contributed by atoms with Gasteiger partial charge in [0.25, 0.3) is 0 Å². The molecular weight excluding hydrogens is 286 g/mol. The molecule has 0 amide bonds. The van der Waals surface area contributed by atoms with Crippen molar-refractivity contribution < 1.29 is 25.5 Å². The lowest BCUT2D eigenvalue weighted by molar-refractivity contribution is 0.330. The maximum Gasteiger partial charge on any atom is 0.208 e. The maximum absolute atomic E-state index is 9.85. The summed E-state index contributed by atoms with van der Waals surface area (Å²) < 4.78 is 0. The van der Waals surface area contributed by atoms with Crippen LogP contribution in [0.5, 0.6) is 28.7 Å². The summed E-state index contributed by atoms with van der Waals surface area (Å²) in [5.74, 6) is -4.50. The summed E-state index contributed by atoms with van der Waals surface area (Å²) >= 11 is 0. The predicted octanol–water partition coefficient (Wildman–Crippen LogP) is 3.24. The predicted molar refractivity (Wildman–Crippen MR) is 84.7 cm³/mol. The second-order valence-electron chi connectivity index (χ2n) is 4.46. The van der Waals surface area contributed by atoms with Gasteiger partial charge in [0.05, 0.1) is 0 Å². The van der Waals surface area contributed by atoms with E-state index in [-0.39, 0.29) is 5.69 Å². The number of phenolic OH excluding ortho intramolecular Hbond substituents is 5. The highest BCUT2D eigenvalue weighted by Crippen LogP contribution is 2.54. The maximum atomic E-state index is 9.85. The van der Waals surface area contributed by atoms with E-state index in [0.717, 1.165) is 5.56 Å². The third kappa shape index (κ3) is 2.26. The number of aromatic hydroxyl groups is 5. The van der Waals surface area contributed by atoms with Crippen LogP contribution in [0.1, 0.15) is 11.1 Å². The smallest absolute Gasteiger partial charge is 0.208 e. The van der Waals surface area contributed by atoms with Gasteiger partial charge in [0, 0.05) is 11.3 Å². The third-order valence-corrected chi connectivity index (χ3v) is 3.19. The Labute approximate surface area is 126 Å². The fourth-order valence-corrected chi connectivity index (χ4v) is 2.04. The van der Waals surface area contributed by atoms with E-state index in [4.69, 9.17) is 0 Å². The van der Waals surface area contributed by atoms with Crippen molar-refractivity contribution >= 4 is 23.5 Å². The molecular formula is C16H15NO5.